The predicted molar refractivity (Wildman–Crippen MR) is 76.2 cm³/mol. The first-order valence-corrected chi connectivity index (χ1v) is 6.01. The Hall–Kier alpha value is -2.20. The highest BCUT2D eigenvalue weighted by atomic mass is 16.5. The molecular formula is C15H18N2O2. The summed E-state index contributed by atoms with van der Waals surface area (Å²) in [6.07, 6.45) is 9.38. The lowest BCUT2D eigenvalue weighted by atomic mass is 10.2. The monoisotopic (exact) mass is 258 g/mol. The number of hydrogen-bond donors (Lipinski definition) is 0. The molecule has 0 bridgehead atoms. The average Bonchev–Trinajstić information content (AvgIpc) is 3.00. The van der Waals surface area contributed by atoms with Crippen LogP contribution in [0.5, 0.6) is 0 Å². The summed E-state index contributed by atoms with van der Waals surface area (Å²) in [6.45, 7) is 2.78. The van der Waals surface area contributed by atoms with Gasteiger partial charge in [0.25, 0.3) is 0 Å². The summed E-state index contributed by atoms with van der Waals surface area (Å²) in [5, 5.41) is 0. The molecule has 0 atom stereocenters. The van der Waals surface area contributed by atoms with E-state index in [-0.39, 0.29) is 0 Å². The van der Waals surface area contributed by atoms with Gasteiger partial charge in [0.1, 0.15) is 6.29 Å². The highest BCUT2D eigenvalue weighted by Gasteiger charge is 1.93. The first-order valence-electron chi connectivity index (χ1n) is 6.01. The fourth-order valence-electron chi connectivity index (χ4n) is 1.32. The summed E-state index contributed by atoms with van der Waals surface area (Å²) < 4.78 is 6.47. The quantitative estimate of drug-likeness (QED) is 0.625. The van der Waals surface area contributed by atoms with E-state index in [1.807, 2.05) is 42.0 Å². The van der Waals surface area contributed by atoms with Crippen molar-refractivity contribution in [2.45, 2.75) is 6.92 Å². The number of carbonyl (C=O) groups excluding carboxylic acids is 1. The number of rotatable bonds is 4. The molecule has 0 fully saturated rings. The predicted octanol–water partition coefficient (Wildman–Crippen LogP) is 2.74. The number of carbonyl (C=O) groups is 1. The van der Waals surface area contributed by atoms with Gasteiger partial charge in [0.2, 0.25) is 0 Å². The van der Waals surface area contributed by atoms with E-state index in [1.54, 1.807) is 25.7 Å². The zero-order valence-electron chi connectivity index (χ0n) is 11.2. The third-order valence-electron chi connectivity index (χ3n) is 2.35. The standard InChI is InChI=1S/C12H10N2O.C3H8O/c15-9-1-2-11-3-5-12(6-4-11)14-8-7-13-10-14;1-3-4-2/h1-10H;3H2,1-2H3/b2-1+;. The lowest BCUT2D eigenvalue weighted by Gasteiger charge is -2.01. The van der Waals surface area contributed by atoms with Gasteiger partial charge in [-0.3, -0.25) is 4.79 Å². The molecule has 1 aromatic carbocycles. The van der Waals surface area contributed by atoms with E-state index in [0.717, 1.165) is 24.1 Å². The van der Waals surface area contributed by atoms with Gasteiger partial charge in [-0.15, -0.1) is 0 Å². The summed E-state index contributed by atoms with van der Waals surface area (Å²) in [5.74, 6) is 0. The molecule has 0 N–H and O–H groups in total. The lowest BCUT2D eigenvalue weighted by Crippen LogP contribution is -1.88. The zero-order valence-corrected chi connectivity index (χ0v) is 11.2. The van der Waals surface area contributed by atoms with E-state index in [0.29, 0.717) is 0 Å². The molecule has 4 heteroatoms. The molecule has 0 unspecified atom stereocenters. The number of aromatic nitrogens is 2. The summed E-state index contributed by atoms with van der Waals surface area (Å²) in [6, 6.07) is 7.86. The minimum atomic E-state index is 0.768. The zero-order chi connectivity index (χ0) is 13.9. The van der Waals surface area contributed by atoms with E-state index in [2.05, 4.69) is 9.72 Å². The number of hydrogen-bond acceptors (Lipinski definition) is 3. The van der Waals surface area contributed by atoms with Crippen molar-refractivity contribution in [3.05, 3.63) is 54.6 Å². The van der Waals surface area contributed by atoms with Crippen molar-refractivity contribution in [3.63, 3.8) is 0 Å². The van der Waals surface area contributed by atoms with Crippen molar-refractivity contribution >= 4 is 12.4 Å². The molecule has 0 aliphatic rings. The molecule has 0 saturated heterocycles. The molecule has 0 amide bonds. The minimum absolute atomic E-state index is 0.768. The Kier molecular flexibility index (Phi) is 6.90. The second kappa shape index (κ2) is 8.83. The molecule has 2 aromatic rings. The van der Waals surface area contributed by atoms with Crippen molar-refractivity contribution in [3.8, 4) is 5.69 Å². The summed E-state index contributed by atoms with van der Waals surface area (Å²) >= 11 is 0. The van der Waals surface area contributed by atoms with Crippen LogP contribution in [-0.4, -0.2) is 29.6 Å². The highest BCUT2D eigenvalue weighted by Crippen LogP contribution is 2.09. The maximum absolute atomic E-state index is 10.1. The van der Waals surface area contributed by atoms with Crippen LogP contribution in [0, 0.1) is 0 Å². The number of nitrogens with zero attached hydrogens (tertiary/aromatic N) is 2. The number of imidazole rings is 1. The fourth-order valence-corrected chi connectivity index (χ4v) is 1.32. The fraction of sp³-hybridized carbons (Fsp3) is 0.200. The largest absolute Gasteiger partial charge is 0.385 e. The normalized spacial score (nSPS) is 10.0. The van der Waals surface area contributed by atoms with Crippen LogP contribution in [0.25, 0.3) is 11.8 Å². The van der Waals surface area contributed by atoms with Gasteiger partial charge in [0.05, 0.1) is 6.33 Å². The van der Waals surface area contributed by atoms with Crippen LogP contribution in [0.4, 0.5) is 0 Å². The van der Waals surface area contributed by atoms with E-state index >= 15 is 0 Å². The van der Waals surface area contributed by atoms with Gasteiger partial charge in [0, 0.05) is 31.8 Å². The Morgan fingerprint density at radius 3 is 2.47 bits per heavy atom. The molecule has 100 valence electrons. The molecule has 0 aliphatic carbocycles. The number of methoxy groups -OCH3 is 1. The Morgan fingerprint density at radius 1 is 1.32 bits per heavy atom. The number of aldehydes is 1. The maximum Gasteiger partial charge on any atom is 0.142 e. The van der Waals surface area contributed by atoms with Gasteiger partial charge in [-0.05, 0) is 30.7 Å². The van der Waals surface area contributed by atoms with E-state index in [1.165, 1.54) is 6.08 Å². The molecule has 1 aromatic heterocycles. The molecule has 0 radical (unpaired) electrons. The lowest BCUT2D eigenvalue weighted by molar-refractivity contribution is -0.104. The third-order valence-corrected chi connectivity index (χ3v) is 2.35. The van der Waals surface area contributed by atoms with Crippen molar-refractivity contribution in [2.24, 2.45) is 0 Å². The van der Waals surface area contributed by atoms with E-state index < -0.39 is 0 Å². The first kappa shape index (κ1) is 14.9. The van der Waals surface area contributed by atoms with Crippen molar-refractivity contribution in [1.29, 1.82) is 0 Å². The third kappa shape index (κ3) is 5.31. The number of benzene rings is 1. The Morgan fingerprint density at radius 2 is 2.00 bits per heavy atom. The van der Waals surface area contributed by atoms with E-state index in [4.69, 9.17) is 0 Å². The summed E-state index contributed by atoms with van der Waals surface area (Å²) in [7, 11) is 1.68. The van der Waals surface area contributed by atoms with Crippen LogP contribution in [0.15, 0.2) is 49.1 Å². The van der Waals surface area contributed by atoms with Crippen molar-refractivity contribution in [1.82, 2.24) is 9.55 Å². The molecule has 19 heavy (non-hydrogen) atoms. The number of ether oxygens (including phenoxy) is 1. The smallest absolute Gasteiger partial charge is 0.142 e. The van der Waals surface area contributed by atoms with Crippen LogP contribution in [0.2, 0.25) is 0 Å². The van der Waals surface area contributed by atoms with Crippen LogP contribution in [-0.2, 0) is 9.53 Å². The summed E-state index contributed by atoms with van der Waals surface area (Å²) in [4.78, 5) is 14.1. The Bertz CT molecular complexity index is 485. The van der Waals surface area contributed by atoms with Crippen LogP contribution >= 0.6 is 0 Å². The first-order chi connectivity index (χ1) is 9.31. The molecule has 1 heterocycles. The minimum Gasteiger partial charge on any atom is -0.385 e. The molecule has 0 spiro atoms. The molecule has 4 nitrogen and oxygen atoms in total. The van der Waals surface area contributed by atoms with Crippen LogP contribution < -0.4 is 0 Å². The Labute approximate surface area is 113 Å². The van der Waals surface area contributed by atoms with Gasteiger partial charge in [-0.2, -0.15) is 0 Å². The van der Waals surface area contributed by atoms with Gasteiger partial charge in [-0.1, -0.05) is 18.2 Å². The number of allylic oxidation sites excluding steroid dienone is 1. The van der Waals surface area contributed by atoms with Gasteiger partial charge < -0.3 is 9.30 Å². The van der Waals surface area contributed by atoms with Crippen molar-refractivity contribution in [2.75, 3.05) is 13.7 Å². The Balaban J connectivity index is 0.000000399. The van der Waals surface area contributed by atoms with Crippen LogP contribution in [0.1, 0.15) is 12.5 Å². The SMILES string of the molecule is CCOC.O=C/C=C/c1ccc(-n2ccnc2)cc1. The second-order valence-corrected chi connectivity index (χ2v) is 3.63. The second-order valence-electron chi connectivity index (χ2n) is 3.63. The molecule has 2 rings (SSSR count). The topological polar surface area (TPSA) is 44.1 Å². The van der Waals surface area contributed by atoms with E-state index in [9.17, 15) is 4.79 Å². The summed E-state index contributed by atoms with van der Waals surface area (Å²) in [5.41, 5.74) is 2.06. The van der Waals surface area contributed by atoms with Gasteiger partial charge in [0.15, 0.2) is 0 Å². The van der Waals surface area contributed by atoms with Crippen molar-refractivity contribution < 1.29 is 9.53 Å². The highest BCUT2D eigenvalue weighted by molar-refractivity contribution is 5.73. The van der Waals surface area contributed by atoms with Gasteiger partial charge in [-0.25, -0.2) is 4.98 Å². The molecule has 0 saturated carbocycles. The maximum atomic E-state index is 10.1. The molecular weight excluding hydrogens is 240 g/mol. The average molecular weight is 258 g/mol. The van der Waals surface area contributed by atoms with Gasteiger partial charge >= 0.3 is 0 Å². The molecule has 0 aliphatic heterocycles. The van der Waals surface area contributed by atoms with Crippen LogP contribution in [0.3, 0.4) is 0 Å².